The quantitative estimate of drug-likeness (QED) is 0.640. The van der Waals surface area contributed by atoms with Crippen molar-refractivity contribution < 1.29 is 9.53 Å². The summed E-state index contributed by atoms with van der Waals surface area (Å²) >= 11 is 0. The summed E-state index contributed by atoms with van der Waals surface area (Å²) in [6, 6.07) is 20.5. The van der Waals surface area contributed by atoms with Gasteiger partial charge in [0.15, 0.2) is 6.10 Å². The Kier molecular flexibility index (Phi) is 6.12. The topological polar surface area (TPSA) is 38.3 Å². The molecule has 3 aromatic carbocycles. The first-order valence-corrected chi connectivity index (χ1v) is 9.64. The van der Waals surface area contributed by atoms with E-state index in [9.17, 15) is 4.79 Å². The van der Waals surface area contributed by atoms with Crippen LogP contribution < -0.4 is 10.1 Å². The number of benzene rings is 3. The lowest BCUT2D eigenvalue weighted by atomic mass is 10.0. The van der Waals surface area contributed by atoms with Gasteiger partial charge >= 0.3 is 0 Å². The lowest BCUT2D eigenvalue weighted by molar-refractivity contribution is -0.127. The van der Waals surface area contributed by atoms with Gasteiger partial charge in [-0.3, -0.25) is 4.79 Å². The number of ether oxygens (including phenoxy) is 1. The SMILES string of the molecule is CCc1ccc(CC)c(CNC(=O)[C@@H](C)Oc2ccc3ccccc3c2)c1. The van der Waals surface area contributed by atoms with Crippen molar-refractivity contribution in [2.45, 2.75) is 46.3 Å². The average Bonchev–Trinajstić information content (AvgIpc) is 2.71. The van der Waals surface area contributed by atoms with E-state index in [4.69, 9.17) is 4.74 Å². The number of hydrogen-bond acceptors (Lipinski definition) is 2. The molecular weight excluding hydrogens is 334 g/mol. The van der Waals surface area contributed by atoms with Crippen LogP contribution in [0.25, 0.3) is 10.8 Å². The van der Waals surface area contributed by atoms with E-state index < -0.39 is 6.10 Å². The van der Waals surface area contributed by atoms with Gasteiger partial charge in [-0.2, -0.15) is 0 Å². The number of fused-ring (bicyclic) bond motifs is 1. The highest BCUT2D eigenvalue weighted by molar-refractivity contribution is 5.84. The molecule has 3 rings (SSSR count). The van der Waals surface area contributed by atoms with E-state index in [1.54, 1.807) is 6.92 Å². The number of nitrogens with one attached hydrogen (secondary N) is 1. The van der Waals surface area contributed by atoms with Crippen molar-refractivity contribution in [1.82, 2.24) is 5.32 Å². The van der Waals surface area contributed by atoms with Crippen LogP contribution in [0.15, 0.2) is 60.7 Å². The Morgan fingerprint density at radius 1 is 0.926 bits per heavy atom. The zero-order valence-electron chi connectivity index (χ0n) is 16.3. The lowest BCUT2D eigenvalue weighted by Crippen LogP contribution is -2.36. The standard InChI is InChI=1S/C24H27NO2/c1-4-18-10-11-19(5-2)22(14-18)16-25-24(26)17(3)27-23-13-12-20-8-6-7-9-21(20)15-23/h6-15,17H,4-5,16H2,1-3H3,(H,25,26)/t17-/m1/s1. The summed E-state index contributed by atoms with van der Waals surface area (Å²) in [5.41, 5.74) is 3.75. The normalized spacial score (nSPS) is 12.0. The molecular formula is C24H27NO2. The predicted octanol–water partition coefficient (Wildman–Crippen LogP) is 5.05. The first-order valence-electron chi connectivity index (χ1n) is 9.64. The maximum atomic E-state index is 12.5. The van der Waals surface area contributed by atoms with Gasteiger partial charge in [-0.15, -0.1) is 0 Å². The molecule has 140 valence electrons. The molecule has 0 spiro atoms. The Balaban J connectivity index is 1.63. The molecule has 27 heavy (non-hydrogen) atoms. The van der Waals surface area contributed by atoms with Gasteiger partial charge in [-0.05, 0) is 59.4 Å². The summed E-state index contributed by atoms with van der Waals surface area (Å²) in [6.07, 6.45) is 1.40. The van der Waals surface area contributed by atoms with Gasteiger partial charge in [0.1, 0.15) is 5.75 Å². The van der Waals surface area contributed by atoms with Crippen molar-refractivity contribution in [2.75, 3.05) is 0 Å². The molecule has 3 nitrogen and oxygen atoms in total. The van der Waals surface area contributed by atoms with Crippen LogP contribution in [0.1, 0.15) is 37.5 Å². The minimum absolute atomic E-state index is 0.105. The Bertz CT molecular complexity index is 933. The van der Waals surface area contributed by atoms with Crippen molar-refractivity contribution in [1.29, 1.82) is 0 Å². The molecule has 0 radical (unpaired) electrons. The highest BCUT2D eigenvalue weighted by Gasteiger charge is 2.15. The van der Waals surface area contributed by atoms with Crippen LogP contribution >= 0.6 is 0 Å². The van der Waals surface area contributed by atoms with Gasteiger partial charge in [-0.1, -0.05) is 62.4 Å². The third-order valence-electron chi connectivity index (χ3n) is 4.92. The van der Waals surface area contributed by atoms with E-state index in [0.717, 1.165) is 23.6 Å². The van der Waals surface area contributed by atoms with Crippen molar-refractivity contribution in [3.8, 4) is 5.75 Å². The molecule has 1 N–H and O–H groups in total. The molecule has 0 heterocycles. The minimum Gasteiger partial charge on any atom is -0.481 e. The maximum Gasteiger partial charge on any atom is 0.261 e. The highest BCUT2D eigenvalue weighted by atomic mass is 16.5. The van der Waals surface area contributed by atoms with Gasteiger partial charge in [0.05, 0.1) is 0 Å². The average molecular weight is 361 g/mol. The van der Waals surface area contributed by atoms with E-state index in [0.29, 0.717) is 12.3 Å². The first kappa shape index (κ1) is 19.0. The van der Waals surface area contributed by atoms with Gasteiger partial charge in [0, 0.05) is 6.54 Å². The molecule has 3 aromatic rings. The van der Waals surface area contributed by atoms with Crippen molar-refractivity contribution >= 4 is 16.7 Å². The summed E-state index contributed by atoms with van der Waals surface area (Å²) in [6.45, 7) is 6.59. The fourth-order valence-electron chi connectivity index (χ4n) is 3.23. The van der Waals surface area contributed by atoms with E-state index in [1.165, 1.54) is 16.7 Å². The molecule has 1 amide bonds. The number of aryl methyl sites for hydroxylation is 2. The van der Waals surface area contributed by atoms with Gasteiger partial charge < -0.3 is 10.1 Å². The number of carbonyl (C=O) groups excluding carboxylic acids is 1. The van der Waals surface area contributed by atoms with Crippen LogP contribution in [0, 0.1) is 0 Å². The van der Waals surface area contributed by atoms with Crippen LogP contribution in [-0.2, 0) is 24.2 Å². The molecule has 0 bridgehead atoms. The van der Waals surface area contributed by atoms with Gasteiger partial charge in [-0.25, -0.2) is 0 Å². The first-order chi connectivity index (χ1) is 13.1. The lowest BCUT2D eigenvalue weighted by Gasteiger charge is -2.16. The second-order valence-corrected chi connectivity index (χ2v) is 6.80. The van der Waals surface area contributed by atoms with E-state index >= 15 is 0 Å². The zero-order valence-corrected chi connectivity index (χ0v) is 16.3. The van der Waals surface area contributed by atoms with Crippen LogP contribution in [0.3, 0.4) is 0 Å². The smallest absolute Gasteiger partial charge is 0.261 e. The third kappa shape index (κ3) is 4.68. The Hall–Kier alpha value is -2.81. The van der Waals surface area contributed by atoms with Gasteiger partial charge in [0.25, 0.3) is 5.91 Å². The fourth-order valence-corrected chi connectivity index (χ4v) is 3.23. The van der Waals surface area contributed by atoms with Crippen LogP contribution in [0.5, 0.6) is 5.75 Å². The number of rotatable bonds is 7. The van der Waals surface area contributed by atoms with Crippen molar-refractivity contribution in [3.05, 3.63) is 77.4 Å². The molecule has 0 aliphatic carbocycles. The molecule has 0 saturated heterocycles. The molecule has 0 aliphatic rings. The second-order valence-electron chi connectivity index (χ2n) is 6.80. The Labute approximate surface area is 161 Å². The summed E-state index contributed by atoms with van der Waals surface area (Å²) in [5.74, 6) is 0.602. The minimum atomic E-state index is -0.550. The molecule has 3 heteroatoms. The Morgan fingerprint density at radius 2 is 1.70 bits per heavy atom. The summed E-state index contributed by atoms with van der Waals surface area (Å²) in [7, 11) is 0. The summed E-state index contributed by atoms with van der Waals surface area (Å²) in [4.78, 5) is 12.5. The molecule has 1 atom stereocenters. The molecule has 0 aromatic heterocycles. The maximum absolute atomic E-state index is 12.5. The van der Waals surface area contributed by atoms with E-state index in [1.807, 2.05) is 36.4 Å². The number of carbonyl (C=O) groups is 1. The van der Waals surface area contributed by atoms with Crippen LogP contribution in [-0.4, -0.2) is 12.0 Å². The highest BCUT2D eigenvalue weighted by Crippen LogP contribution is 2.21. The molecule has 0 saturated carbocycles. The van der Waals surface area contributed by atoms with E-state index in [2.05, 4.69) is 43.4 Å². The van der Waals surface area contributed by atoms with Crippen LogP contribution in [0.2, 0.25) is 0 Å². The predicted molar refractivity (Wildman–Crippen MR) is 111 cm³/mol. The zero-order chi connectivity index (χ0) is 19.2. The third-order valence-corrected chi connectivity index (χ3v) is 4.92. The number of hydrogen-bond donors (Lipinski definition) is 1. The van der Waals surface area contributed by atoms with E-state index in [-0.39, 0.29) is 5.91 Å². The summed E-state index contributed by atoms with van der Waals surface area (Å²) in [5, 5.41) is 5.28. The number of amides is 1. The van der Waals surface area contributed by atoms with Gasteiger partial charge in [0.2, 0.25) is 0 Å². The van der Waals surface area contributed by atoms with Crippen LogP contribution in [0.4, 0.5) is 0 Å². The van der Waals surface area contributed by atoms with Crippen molar-refractivity contribution in [2.24, 2.45) is 0 Å². The summed E-state index contributed by atoms with van der Waals surface area (Å²) < 4.78 is 5.86. The Morgan fingerprint density at radius 3 is 2.44 bits per heavy atom. The second kappa shape index (κ2) is 8.72. The molecule has 0 aliphatic heterocycles. The molecule has 0 unspecified atom stereocenters. The van der Waals surface area contributed by atoms with Crippen molar-refractivity contribution in [3.63, 3.8) is 0 Å². The monoisotopic (exact) mass is 361 g/mol. The fraction of sp³-hybridized carbons (Fsp3) is 0.292. The molecule has 0 fully saturated rings. The largest absolute Gasteiger partial charge is 0.481 e.